The first-order valence-electron chi connectivity index (χ1n) is 10.3. The van der Waals surface area contributed by atoms with E-state index in [4.69, 9.17) is 0 Å². The third-order valence-corrected chi connectivity index (χ3v) is 5.20. The highest BCUT2D eigenvalue weighted by atomic mass is 19.1. The molecule has 1 aromatic heterocycles. The first kappa shape index (κ1) is 21.1. The second-order valence-electron chi connectivity index (χ2n) is 7.36. The van der Waals surface area contributed by atoms with E-state index in [1.807, 2.05) is 24.3 Å². The summed E-state index contributed by atoms with van der Waals surface area (Å²) in [5.41, 5.74) is 5.04. The smallest absolute Gasteiger partial charge is 0.318 e. The van der Waals surface area contributed by atoms with Gasteiger partial charge in [0.15, 0.2) is 0 Å². The maximum absolute atomic E-state index is 13.4. The lowest BCUT2D eigenvalue weighted by molar-refractivity contribution is -0.116. The summed E-state index contributed by atoms with van der Waals surface area (Å²) in [4.78, 5) is 27.4. The Morgan fingerprint density at radius 2 is 1.53 bits per heavy atom. The molecule has 0 bridgehead atoms. The second-order valence-corrected chi connectivity index (χ2v) is 7.36. The summed E-state index contributed by atoms with van der Waals surface area (Å²) in [5.74, 6) is -0.408. The molecule has 4 rings (SSSR count). The quantitative estimate of drug-likeness (QED) is 0.335. The Labute approximate surface area is 184 Å². The van der Waals surface area contributed by atoms with Gasteiger partial charge >= 0.3 is 6.03 Å². The van der Waals surface area contributed by atoms with Crippen LogP contribution in [0, 0.1) is 5.82 Å². The lowest BCUT2D eigenvalue weighted by Gasteiger charge is -2.09. The third-order valence-electron chi connectivity index (χ3n) is 5.20. The highest BCUT2D eigenvalue weighted by molar-refractivity contribution is 5.94. The number of benzene rings is 3. The zero-order valence-electron chi connectivity index (χ0n) is 17.5. The Hall–Kier alpha value is -4.13. The Morgan fingerprint density at radius 3 is 2.22 bits per heavy atom. The van der Waals surface area contributed by atoms with Crippen molar-refractivity contribution in [1.29, 1.82) is 0 Å². The fraction of sp³-hybridized carbons (Fsp3) is 0.120. The largest absolute Gasteiger partial charge is 0.354 e. The molecule has 0 aliphatic heterocycles. The van der Waals surface area contributed by atoms with Gasteiger partial charge in [0, 0.05) is 41.4 Å². The van der Waals surface area contributed by atoms with Crippen LogP contribution in [0.1, 0.15) is 12.0 Å². The number of fused-ring (bicyclic) bond motifs is 1. The minimum Gasteiger partial charge on any atom is -0.354 e. The number of para-hydroxylation sites is 1. The first-order valence-corrected chi connectivity index (χ1v) is 10.3. The number of carbonyl (C=O) groups excluding carboxylic acids is 2. The van der Waals surface area contributed by atoms with Crippen molar-refractivity contribution in [1.82, 2.24) is 10.3 Å². The SMILES string of the molecule is CNC(=O)Nc1ccc(NC(=O)CCc2c(-c3ccc(F)cc3)[nH]c3ccccc23)cc1. The average molecular weight is 430 g/mol. The van der Waals surface area contributed by atoms with E-state index in [-0.39, 0.29) is 24.2 Å². The van der Waals surface area contributed by atoms with E-state index in [0.29, 0.717) is 17.8 Å². The highest BCUT2D eigenvalue weighted by Gasteiger charge is 2.15. The summed E-state index contributed by atoms with van der Waals surface area (Å²) >= 11 is 0. The standard InChI is InChI=1S/C25H23FN4O2/c1-27-25(32)29-19-12-10-18(11-13-19)28-23(31)15-14-21-20-4-2-3-5-22(20)30-24(21)16-6-8-17(26)9-7-16/h2-13,30H,14-15H2,1H3,(H,28,31)(H2,27,29,32). The van der Waals surface area contributed by atoms with E-state index in [9.17, 15) is 14.0 Å². The van der Waals surface area contributed by atoms with Crippen LogP contribution in [-0.4, -0.2) is 24.0 Å². The number of rotatable bonds is 6. The van der Waals surface area contributed by atoms with Crippen molar-refractivity contribution in [3.8, 4) is 11.3 Å². The number of amides is 3. The molecule has 3 aromatic carbocycles. The van der Waals surface area contributed by atoms with E-state index >= 15 is 0 Å². The molecule has 7 heteroatoms. The molecule has 0 fully saturated rings. The normalized spacial score (nSPS) is 10.7. The van der Waals surface area contributed by atoms with Crippen molar-refractivity contribution in [3.63, 3.8) is 0 Å². The van der Waals surface area contributed by atoms with Crippen LogP contribution in [0.3, 0.4) is 0 Å². The number of hydrogen-bond donors (Lipinski definition) is 4. The lowest BCUT2D eigenvalue weighted by Crippen LogP contribution is -2.24. The predicted molar refractivity (Wildman–Crippen MR) is 125 cm³/mol. The maximum Gasteiger partial charge on any atom is 0.318 e. The second kappa shape index (κ2) is 9.34. The van der Waals surface area contributed by atoms with Crippen LogP contribution in [0.4, 0.5) is 20.6 Å². The molecule has 4 aromatic rings. The number of urea groups is 1. The van der Waals surface area contributed by atoms with Gasteiger partial charge in [-0.25, -0.2) is 9.18 Å². The molecule has 162 valence electrons. The third kappa shape index (κ3) is 4.78. The van der Waals surface area contributed by atoms with Crippen molar-refractivity contribution >= 4 is 34.2 Å². The Kier molecular flexibility index (Phi) is 6.17. The molecule has 1 heterocycles. The molecule has 0 spiro atoms. The zero-order chi connectivity index (χ0) is 22.5. The molecule has 6 nitrogen and oxygen atoms in total. The fourth-order valence-corrected chi connectivity index (χ4v) is 3.62. The van der Waals surface area contributed by atoms with Gasteiger partial charge in [-0.2, -0.15) is 0 Å². The number of anilines is 2. The molecule has 4 N–H and O–H groups in total. The topological polar surface area (TPSA) is 86.0 Å². The number of aromatic nitrogens is 1. The van der Waals surface area contributed by atoms with E-state index in [0.717, 1.165) is 27.7 Å². The fourth-order valence-electron chi connectivity index (χ4n) is 3.62. The van der Waals surface area contributed by atoms with Crippen molar-refractivity contribution < 1.29 is 14.0 Å². The van der Waals surface area contributed by atoms with E-state index in [1.54, 1.807) is 43.4 Å². The van der Waals surface area contributed by atoms with Crippen LogP contribution in [0.2, 0.25) is 0 Å². The number of carbonyl (C=O) groups is 2. The van der Waals surface area contributed by atoms with Gasteiger partial charge in [0.2, 0.25) is 5.91 Å². The number of aromatic amines is 1. The Morgan fingerprint density at radius 1 is 0.875 bits per heavy atom. The van der Waals surface area contributed by atoms with Gasteiger partial charge in [-0.3, -0.25) is 4.79 Å². The molecule has 0 aliphatic rings. The molecule has 0 unspecified atom stereocenters. The Bertz CT molecular complexity index is 1250. The molecular formula is C25H23FN4O2. The van der Waals surface area contributed by atoms with E-state index in [2.05, 4.69) is 20.9 Å². The van der Waals surface area contributed by atoms with Crippen molar-refractivity contribution in [2.45, 2.75) is 12.8 Å². The minimum atomic E-state index is -0.308. The number of aryl methyl sites for hydroxylation is 1. The van der Waals surface area contributed by atoms with Gasteiger partial charge in [-0.15, -0.1) is 0 Å². The van der Waals surface area contributed by atoms with Gasteiger partial charge in [0.25, 0.3) is 0 Å². The number of hydrogen-bond acceptors (Lipinski definition) is 2. The van der Waals surface area contributed by atoms with Crippen LogP contribution < -0.4 is 16.0 Å². The molecule has 0 saturated carbocycles. The summed E-state index contributed by atoms with van der Waals surface area (Å²) in [5, 5.41) is 9.08. The maximum atomic E-state index is 13.4. The molecule has 0 radical (unpaired) electrons. The van der Waals surface area contributed by atoms with Crippen molar-refractivity contribution in [2.24, 2.45) is 0 Å². The summed E-state index contributed by atoms with van der Waals surface area (Å²) < 4.78 is 13.4. The first-order chi connectivity index (χ1) is 15.5. The summed E-state index contributed by atoms with van der Waals surface area (Å²) in [6, 6.07) is 20.8. The minimum absolute atomic E-state index is 0.118. The van der Waals surface area contributed by atoms with E-state index < -0.39 is 0 Å². The summed E-state index contributed by atoms with van der Waals surface area (Å²) in [6.07, 6.45) is 0.813. The molecule has 32 heavy (non-hydrogen) atoms. The number of halogens is 1. The van der Waals surface area contributed by atoms with Crippen molar-refractivity contribution in [2.75, 3.05) is 17.7 Å². The molecule has 0 atom stereocenters. The Balaban J connectivity index is 1.48. The van der Waals surface area contributed by atoms with E-state index in [1.165, 1.54) is 12.1 Å². The van der Waals surface area contributed by atoms with Gasteiger partial charge in [-0.05, 0) is 72.1 Å². The molecule has 0 saturated heterocycles. The molecular weight excluding hydrogens is 407 g/mol. The van der Waals surface area contributed by atoms with Crippen molar-refractivity contribution in [3.05, 3.63) is 84.2 Å². The zero-order valence-corrected chi connectivity index (χ0v) is 17.5. The van der Waals surface area contributed by atoms with Crippen LogP contribution >= 0.6 is 0 Å². The number of nitrogens with one attached hydrogen (secondary N) is 4. The molecule has 3 amide bonds. The van der Waals surface area contributed by atoms with Crippen LogP contribution in [0.25, 0.3) is 22.2 Å². The van der Waals surface area contributed by atoms with Crippen LogP contribution in [0.5, 0.6) is 0 Å². The van der Waals surface area contributed by atoms with Gasteiger partial charge in [0.1, 0.15) is 5.82 Å². The summed E-state index contributed by atoms with van der Waals surface area (Å²) in [7, 11) is 1.54. The van der Waals surface area contributed by atoms with Crippen LogP contribution in [-0.2, 0) is 11.2 Å². The van der Waals surface area contributed by atoms with Gasteiger partial charge < -0.3 is 20.9 Å². The monoisotopic (exact) mass is 430 g/mol. The summed E-state index contributed by atoms with van der Waals surface area (Å²) in [6.45, 7) is 0. The lowest BCUT2D eigenvalue weighted by atomic mass is 10.0. The van der Waals surface area contributed by atoms with Gasteiger partial charge in [-0.1, -0.05) is 18.2 Å². The van der Waals surface area contributed by atoms with Crippen LogP contribution in [0.15, 0.2) is 72.8 Å². The van der Waals surface area contributed by atoms with Gasteiger partial charge in [0.05, 0.1) is 0 Å². The highest BCUT2D eigenvalue weighted by Crippen LogP contribution is 2.31. The number of H-pyrrole nitrogens is 1. The molecule has 0 aliphatic carbocycles. The average Bonchev–Trinajstić information content (AvgIpc) is 3.18. The predicted octanol–water partition coefficient (Wildman–Crippen LogP) is 5.30.